The molecule has 1 aliphatic rings. The van der Waals surface area contributed by atoms with E-state index in [2.05, 4.69) is 36.5 Å². The van der Waals surface area contributed by atoms with Crippen LogP contribution < -0.4 is 5.32 Å². The van der Waals surface area contributed by atoms with Crippen LogP contribution in [0.2, 0.25) is 0 Å². The standard InChI is InChI=1S/C17H25NO2/c1-2-7-16(13-8-4-3-5-9-13)18-15-11-6-10-14(12-15)17(19)20/h3-5,8-9,14-16,18H,2,6-7,10-12H2,1H3,(H,19,20). The highest BCUT2D eigenvalue weighted by Gasteiger charge is 2.28. The first kappa shape index (κ1) is 15.0. The number of benzene rings is 1. The Morgan fingerprint density at radius 3 is 2.75 bits per heavy atom. The van der Waals surface area contributed by atoms with Gasteiger partial charge in [-0.25, -0.2) is 0 Å². The molecule has 2 N–H and O–H groups in total. The van der Waals surface area contributed by atoms with Crippen molar-refractivity contribution in [3.63, 3.8) is 0 Å². The molecule has 0 amide bonds. The highest BCUT2D eigenvalue weighted by molar-refractivity contribution is 5.70. The molecule has 1 aromatic rings. The summed E-state index contributed by atoms with van der Waals surface area (Å²) in [7, 11) is 0. The fourth-order valence-electron chi connectivity index (χ4n) is 3.17. The molecular formula is C17H25NO2. The van der Waals surface area contributed by atoms with Crippen molar-refractivity contribution in [3.05, 3.63) is 35.9 Å². The van der Waals surface area contributed by atoms with E-state index < -0.39 is 5.97 Å². The van der Waals surface area contributed by atoms with Crippen LogP contribution in [0, 0.1) is 5.92 Å². The second-order valence-corrected chi connectivity index (χ2v) is 5.82. The van der Waals surface area contributed by atoms with Gasteiger partial charge < -0.3 is 10.4 Å². The third kappa shape index (κ3) is 4.07. The largest absolute Gasteiger partial charge is 0.481 e. The van der Waals surface area contributed by atoms with E-state index in [4.69, 9.17) is 0 Å². The Bertz CT molecular complexity index is 418. The van der Waals surface area contributed by atoms with E-state index in [-0.39, 0.29) is 5.92 Å². The number of carboxylic acid groups (broad SMARTS) is 1. The number of hydrogen-bond donors (Lipinski definition) is 2. The van der Waals surface area contributed by atoms with Gasteiger partial charge in [-0.2, -0.15) is 0 Å². The summed E-state index contributed by atoms with van der Waals surface area (Å²) in [5.74, 6) is -0.803. The van der Waals surface area contributed by atoms with Crippen molar-refractivity contribution in [2.75, 3.05) is 0 Å². The lowest BCUT2D eigenvalue weighted by Crippen LogP contribution is -2.38. The Morgan fingerprint density at radius 2 is 2.10 bits per heavy atom. The summed E-state index contributed by atoms with van der Waals surface area (Å²) in [5.41, 5.74) is 1.31. The molecule has 0 aliphatic heterocycles. The van der Waals surface area contributed by atoms with Crippen molar-refractivity contribution in [3.8, 4) is 0 Å². The lowest BCUT2D eigenvalue weighted by Gasteiger charge is -2.31. The molecule has 110 valence electrons. The third-order valence-electron chi connectivity index (χ3n) is 4.24. The van der Waals surface area contributed by atoms with Crippen molar-refractivity contribution in [2.24, 2.45) is 5.92 Å². The molecule has 0 spiro atoms. The maximum atomic E-state index is 11.2. The molecule has 3 unspecified atom stereocenters. The first-order chi connectivity index (χ1) is 9.70. The van der Waals surface area contributed by atoms with E-state index in [1.54, 1.807) is 0 Å². The van der Waals surface area contributed by atoms with Gasteiger partial charge in [0.2, 0.25) is 0 Å². The van der Waals surface area contributed by atoms with E-state index in [0.29, 0.717) is 12.1 Å². The second-order valence-electron chi connectivity index (χ2n) is 5.82. The van der Waals surface area contributed by atoms with Gasteiger partial charge in [0, 0.05) is 12.1 Å². The quantitative estimate of drug-likeness (QED) is 0.831. The molecule has 1 aromatic carbocycles. The molecule has 0 aromatic heterocycles. The summed E-state index contributed by atoms with van der Waals surface area (Å²) in [6.07, 6.45) is 5.93. The lowest BCUT2D eigenvalue weighted by atomic mass is 9.85. The molecule has 0 radical (unpaired) electrons. The predicted molar refractivity (Wildman–Crippen MR) is 80.6 cm³/mol. The van der Waals surface area contributed by atoms with E-state index in [9.17, 15) is 9.90 Å². The van der Waals surface area contributed by atoms with Gasteiger partial charge in [-0.05, 0) is 31.2 Å². The summed E-state index contributed by atoms with van der Waals surface area (Å²) in [4.78, 5) is 11.2. The maximum absolute atomic E-state index is 11.2. The zero-order chi connectivity index (χ0) is 14.4. The number of hydrogen-bond acceptors (Lipinski definition) is 2. The predicted octanol–water partition coefficient (Wildman–Crippen LogP) is 3.76. The number of rotatable bonds is 6. The van der Waals surface area contributed by atoms with E-state index in [1.165, 1.54) is 5.56 Å². The first-order valence-electron chi connectivity index (χ1n) is 7.74. The van der Waals surface area contributed by atoms with E-state index >= 15 is 0 Å². The SMILES string of the molecule is CCCC(NC1CCCC(C(=O)O)C1)c1ccccc1. The average molecular weight is 275 g/mol. The number of carboxylic acids is 1. The second kappa shape index (κ2) is 7.44. The monoisotopic (exact) mass is 275 g/mol. The van der Waals surface area contributed by atoms with Crippen LogP contribution in [0.3, 0.4) is 0 Å². The molecule has 3 atom stereocenters. The van der Waals surface area contributed by atoms with Crippen LogP contribution in [0.4, 0.5) is 0 Å². The minimum atomic E-state index is -0.636. The molecule has 3 heteroatoms. The summed E-state index contributed by atoms with van der Waals surface area (Å²) < 4.78 is 0. The third-order valence-corrected chi connectivity index (χ3v) is 4.24. The number of carbonyl (C=O) groups is 1. The fourth-order valence-corrected chi connectivity index (χ4v) is 3.17. The fraction of sp³-hybridized carbons (Fsp3) is 0.588. The lowest BCUT2D eigenvalue weighted by molar-refractivity contribution is -0.143. The smallest absolute Gasteiger partial charge is 0.306 e. The van der Waals surface area contributed by atoms with Gasteiger partial charge in [0.15, 0.2) is 0 Å². The van der Waals surface area contributed by atoms with Crippen LogP contribution in [-0.4, -0.2) is 17.1 Å². The summed E-state index contributed by atoms with van der Waals surface area (Å²) in [5, 5.41) is 12.9. The van der Waals surface area contributed by atoms with Crippen molar-refractivity contribution in [1.82, 2.24) is 5.32 Å². The molecule has 0 saturated heterocycles. The van der Waals surface area contributed by atoms with E-state index in [0.717, 1.165) is 38.5 Å². The van der Waals surface area contributed by atoms with Crippen molar-refractivity contribution >= 4 is 5.97 Å². The van der Waals surface area contributed by atoms with Crippen LogP contribution >= 0.6 is 0 Å². The zero-order valence-electron chi connectivity index (χ0n) is 12.2. The topological polar surface area (TPSA) is 49.3 Å². The first-order valence-corrected chi connectivity index (χ1v) is 7.74. The number of aliphatic carboxylic acids is 1. The Hall–Kier alpha value is -1.35. The van der Waals surface area contributed by atoms with E-state index in [1.807, 2.05) is 6.07 Å². The minimum absolute atomic E-state index is 0.167. The van der Waals surface area contributed by atoms with Crippen LogP contribution in [0.15, 0.2) is 30.3 Å². The average Bonchev–Trinajstić information content (AvgIpc) is 2.48. The molecule has 1 fully saturated rings. The summed E-state index contributed by atoms with van der Waals surface area (Å²) in [6, 6.07) is 11.2. The zero-order valence-corrected chi connectivity index (χ0v) is 12.2. The van der Waals surface area contributed by atoms with Gasteiger partial charge in [-0.15, -0.1) is 0 Å². The van der Waals surface area contributed by atoms with Crippen LogP contribution in [0.5, 0.6) is 0 Å². The van der Waals surface area contributed by atoms with Crippen molar-refractivity contribution < 1.29 is 9.90 Å². The normalized spacial score (nSPS) is 24.2. The van der Waals surface area contributed by atoms with Gasteiger partial charge in [0.1, 0.15) is 0 Å². The van der Waals surface area contributed by atoms with Crippen molar-refractivity contribution in [1.29, 1.82) is 0 Å². The minimum Gasteiger partial charge on any atom is -0.481 e. The molecule has 1 aliphatic carbocycles. The van der Waals surface area contributed by atoms with Gasteiger partial charge in [0.25, 0.3) is 0 Å². The van der Waals surface area contributed by atoms with Crippen molar-refractivity contribution in [2.45, 2.75) is 57.5 Å². The Labute approximate surface area is 121 Å². The molecule has 0 bridgehead atoms. The molecule has 1 saturated carbocycles. The van der Waals surface area contributed by atoms with Crippen LogP contribution in [0.25, 0.3) is 0 Å². The molecular weight excluding hydrogens is 250 g/mol. The molecule has 3 nitrogen and oxygen atoms in total. The summed E-state index contributed by atoms with van der Waals surface area (Å²) >= 11 is 0. The Morgan fingerprint density at radius 1 is 1.35 bits per heavy atom. The molecule has 20 heavy (non-hydrogen) atoms. The van der Waals surface area contributed by atoms with Gasteiger partial charge in [-0.1, -0.05) is 50.1 Å². The van der Waals surface area contributed by atoms with Gasteiger partial charge in [-0.3, -0.25) is 4.79 Å². The highest BCUT2D eigenvalue weighted by Crippen LogP contribution is 2.28. The van der Waals surface area contributed by atoms with Gasteiger partial charge in [0.05, 0.1) is 5.92 Å². The van der Waals surface area contributed by atoms with Gasteiger partial charge >= 0.3 is 5.97 Å². The summed E-state index contributed by atoms with van der Waals surface area (Å²) in [6.45, 7) is 2.19. The Balaban J connectivity index is 1.99. The highest BCUT2D eigenvalue weighted by atomic mass is 16.4. The Kier molecular flexibility index (Phi) is 5.60. The molecule has 2 rings (SSSR count). The van der Waals surface area contributed by atoms with Crippen LogP contribution in [0.1, 0.15) is 57.1 Å². The number of nitrogens with one attached hydrogen (secondary N) is 1. The van der Waals surface area contributed by atoms with Crippen LogP contribution in [-0.2, 0) is 4.79 Å². The maximum Gasteiger partial charge on any atom is 0.306 e. The molecule has 0 heterocycles.